The maximum absolute atomic E-state index is 3.85. The third-order valence-corrected chi connectivity index (χ3v) is 1.95. The van der Waals surface area contributed by atoms with Crippen LogP contribution in [0.25, 0.3) is 0 Å². The van der Waals surface area contributed by atoms with Crippen LogP contribution in [0.1, 0.15) is 25.7 Å². The van der Waals surface area contributed by atoms with Gasteiger partial charge in [-0.15, -0.1) is 0 Å². The van der Waals surface area contributed by atoms with E-state index in [1.165, 1.54) is 25.7 Å². The monoisotopic (exact) mass is 112 g/mol. The van der Waals surface area contributed by atoms with E-state index in [1.54, 1.807) is 0 Å². The highest BCUT2D eigenvalue weighted by atomic mass is 15.1. The van der Waals surface area contributed by atoms with Crippen LogP contribution in [0, 0.1) is 7.05 Å². The molecule has 1 fully saturated rings. The van der Waals surface area contributed by atoms with Gasteiger partial charge in [-0.1, -0.05) is 12.8 Å². The van der Waals surface area contributed by atoms with Crippen molar-refractivity contribution in [1.82, 2.24) is 4.90 Å². The predicted octanol–water partition coefficient (Wildman–Crippen LogP) is 1.65. The van der Waals surface area contributed by atoms with Crippen molar-refractivity contribution in [2.24, 2.45) is 0 Å². The molecule has 0 unspecified atom stereocenters. The SMILES string of the molecule is [CH2]N(C)C1CCCC1. The van der Waals surface area contributed by atoms with Crippen molar-refractivity contribution in [3.63, 3.8) is 0 Å². The second kappa shape index (κ2) is 2.49. The summed E-state index contributed by atoms with van der Waals surface area (Å²) in [7, 11) is 5.92. The molecule has 0 bridgehead atoms. The van der Waals surface area contributed by atoms with E-state index in [1.807, 2.05) is 0 Å². The van der Waals surface area contributed by atoms with E-state index in [-0.39, 0.29) is 0 Å². The highest BCUT2D eigenvalue weighted by Crippen LogP contribution is 2.21. The summed E-state index contributed by atoms with van der Waals surface area (Å²) in [6.45, 7) is 0. The van der Waals surface area contributed by atoms with Crippen LogP contribution in [0.4, 0.5) is 0 Å². The molecule has 47 valence electrons. The molecule has 0 saturated heterocycles. The maximum Gasteiger partial charge on any atom is 0.0109 e. The average molecular weight is 112 g/mol. The fourth-order valence-electron chi connectivity index (χ4n) is 1.35. The molecule has 0 spiro atoms. The minimum absolute atomic E-state index is 0.787. The molecule has 1 aliphatic carbocycles. The lowest BCUT2D eigenvalue weighted by molar-refractivity contribution is 0.330. The highest BCUT2D eigenvalue weighted by molar-refractivity contribution is 4.73. The number of rotatable bonds is 1. The van der Waals surface area contributed by atoms with E-state index in [0.717, 1.165) is 6.04 Å². The molecule has 0 aromatic heterocycles. The molecule has 0 atom stereocenters. The Balaban J connectivity index is 2.24. The van der Waals surface area contributed by atoms with Crippen LogP contribution < -0.4 is 0 Å². The second-order valence-electron chi connectivity index (χ2n) is 2.70. The molecule has 0 amide bonds. The van der Waals surface area contributed by atoms with E-state index >= 15 is 0 Å². The van der Waals surface area contributed by atoms with Gasteiger partial charge in [0, 0.05) is 13.1 Å². The molecule has 1 heteroatoms. The van der Waals surface area contributed by atoms with Crippen LogP contribution in [-0.4, -0.2) is 18.0 Å². The lowest BCUT2D eigenvalue weighted by Crippen LogP contribution is -2.21. The summed E-state index contributed by atoms with van der Waals surface area (Å²) in [6.07, 6.45) is 5.54. The van der Waals surface area contributed by atoms with Crippen LogP contribution >= 0.6 is 0 Å². The minimum Gasteiger partial charge on any atom is -0.302 e. The number of nitrogens with zero attached hydrogens (tertiary/aromatic N) is 1. The topological polar surface area (TPSA) is 3.24 Å². The third-order valence-electron chi connectivity index (χ3n) is 1.95. The summed E-state index contributed by atoms with van der Waals surface area (Å²) < 4.78 is 0. The molecule has 1 radical (unpaired) electrons. The fourth-order valence-corrected chi connectivity index (χ4v) is 1.35. The Bertz CT molecular complexity index is 62.8. The Labute approximate surface area is 51.7 Å². The first-order valence-electron chi connectivity index (χ1n) is 3.34. The van der Waals surface area contributed by atoms with E-state index in [9.17, 15) is 0 Å². The minimum atomic E-state index is 0.787. The number of hydrogen-bond donors (Lipinski definition) is 0. The highest BCUT2D eigenvalue weighted by Gasteiger charge is 2.15. The van der Waals surface area contributed by atoms with Gasteiger partial charge in [-0.05, 0) is 19.9 Å². The Hall–Kier alpha value is -0.0400. The van der Waals surface area contributed by atoms with Gasteiger partial charge in [-0.25, -0.2) is 0 Å². The molecule has 0 aromatic rings. The van der Waals surface area contributed by atoms with E-state index in [2.05, 4.69) is 19.0 Å². The van der Waals surface area contributed by atoms with Gasteiger partial charge in [0.1, 0.15) is 0 Å². The van der Waals surface area contributed by atoms with E-state index in [4.69, 9.17) is 0 Å². The van der Waals surface area contributed by atoms with Crippen molar-refractivity contribution in [3.8, 4) is 0 Å². The van der Waals surface area contributed by atoms with Crippen LogP contribution in [0.3, 0.4) is 0 Å². The molecule has 0 heterocycles. The first-order valence-corrected chi connectivity index (χ1v) is 3.34. The molecular weight excluding hydrogens is 98.1 g/mol. The van der Waals surface area contributed by atoms with Crippen molar-refractivity contribution < 1.29 is 0 Å². The summed E-state index contributed by atoms with van der Waals surface area (Å²) in [6, 6.07) is 0.787. The summed E-state index contributed by atoms with van der Waals surface area (Å²) in [5.41, 5.74) is 0. The fraction of sp³-hybridized carbons (Fsp3) is 0.857. The predicted molar refractivity (Wildman–Crippen MR) is 35.4 cm³/mol. The number of hydrogen-bond acceptors (Lipinski definition) is 1. The average Bonchev–Trinajstić information content (AvgIpc) is 2.12. The Morgan fingerprint density at radius 1 is 1.38 bits per heavy atom. The normalized spacial score (nSPS) is 22.9. The van der Waals surface area contributed by atoms with Gasteiger partial charge in [-0.2, -0.15) is 0 Å². The lowest BCUT2D eigenvalue weighted by atomic mass is 10.2. The zero-order valence-electron chi connectivity index (χ0n) is 5.56. The maximum atomic E-state index is 3.85. The summed E-state index contributed by atoms with van der Waals surface area (Å²) in [5, 5.41) is 0. The van der Waals surface area contributed by atoms with Crippen molar-refractivity contribution in [3.05, 3.63) is 7.05 Å². The first-order chi connectivity index (χ1) is 3.80. The van der Waals surface area contributed by atoms with Crippen molar-refractivity contribution in [2.45, 2.75) is 31.7 Å². The lowest BCUT2D eigenvalue weighted by Gasteiger charge is -2.16. The third kappa shape index (κ3) is 1.22. The van der Waals surface area contributed by atoms with Crippen molar-refractivity contribution in [2.75, 3.05) is 7.05 Å². The van der Waals surface area contributed by atoms with Gasteiger partial charge in [0.2, 0.25) is 0 Å². The molecule has 1 rings (SSSR count). The smallest absolute Gasteiger partial charge is 0.0109 e. The zero-order valence-corrected chi connectivity index (χ0v) is 5.56. The second-order valence-corrected chi connectivity index (χ2v) is 2.70. The molecule has 0 N–H and O–H groups in total. The zero-order chi connectivity index (χ0) is 5.98. The van der Waals surface area contributed by atoms with Gasteiger partial charge in [0.15, 0.2) is 0 Å². The van der Waals surface area contributed by atoms with Gasteiger partial charge in [-0.3, -0.25) is 0 Å². The van der Waals surface area contributed by atoms with Crippen LogP contribution in [0.2, 0.25) is 0 Å². The van der Waals surface area contributed by atoms with Crippen LogP contribution in [-0.2, 0) is 0 Å². The Kier molecular flexibility index (Phi) is 1.90. The summed E-state index contributed by atoms with van der Waals surface area (Å²) in [4.78, 5) is 2.09. The van der Waals surface area contributed by atoms with Gasteiger partial charge in [0.25, 0.3) is 0 Å². The quantitative estimate of drug-likeness (QED) is 0.498. The molecule has 1 aliphatic rings. The molecule has 8 heavy (non-hydrogen) atoms. The molecule has 1 saturated carbocycles. The van der Waals surface area contributed by atoms with Gasteiger partial charge < -0.3 is 4.90 Å². The Morgan fingerprint density at radius 3 is 2.12 bits per heavy atom. The van der Waals surface area contributed by atoms with E-state index in [0.29, 0.717) is 0 Å². The largest absolute Gasteiger partial charge is 0.302 e. The van der Waals surface area contributed by atoms with Crippen molar-refractivity contribution >= 4 is 0 Å². The molecule has 0 aromatic carbocycles. The van der Waals surface area contributed by atoms with E-state index < -0.39 is 0 Å². The van der Waals surface area contributed by atoms with Gasteiger partial charge >= 0.3 is 0 Å². The first kappa shape index (κ1) is 6.09. The van der Waals surface area contributed by atoms with Crippen LogP contribution in [0.5, 0.6) is 0 Å². The summed E-state index contributed by atoms with van der Waals surface area (Å²) in [5.74, 6) is 0. The van der Waals surface area contributed by atoms with Crippen LogP contribution in [0.15, 0.2) is 0 Å². The van der Waals surface area contributed by atoms with Gasteiger partial charge in [0.05, 0.1) is 0 Å². The standard InChI is InChI=1S/C7H14N/c1-8(2)7-5-3-4-6-7/h7H,1,3-6H2,2H3. The summed E-state index contributed by atoms with van der Waals surface area (Å²) >= 11 is 0. The molecule has 1 nitrogen and oxygen atoms in total. The molecular formula is C7H14N. The molecule has 0 aliphatic heterocycles. The Morgan fingerprint density at radius 2 is 1.88 bits per heavy atom. The van der Waals surface area contributed by atoms with Crippen molar-refractivity contribution in [1.29, 1.82) is 0 Å².